The van der Waals surface area contributed by atoms with Gasteiger partial charge in [0, 0.05) is 12.0 Å². The fourth-order valence-electron chi connectivity index (χ4n) is 1.43. The molecule has 1 aliphatic carbocycles. The zero-order chi connectivity index (χ0) is 7.83. The molecule has 0 amide bonds. The second-order valence-corrected chi connectivity index (χ2v) is 3.46. The van der Waals surface area contributed by atoms with Gasteiger partial charge >= 0.3 is 0 Å². The third kappa shape index (κ3) is 1.90. The van der Waals surface area contributed by atoms with E-state index in [-0.39, 0.29) is 6.42 Å². The average Bonchev–Trinajstić information content (AvgIpc) is 1.57. The van der Waals surface area contributed by atoms with Gasteiger partial charge in [-0.15, -0.1) is 0 Å². The molecule has 1 nitrogen and oxygen atoms in total. The first-order valence-corrected chi connectivity index (χ1v) is 3.58. The number of rotatable bonds is 2. The van der Waals surface area contributed by atoms with E-state index in [4.69, 9.17) is 5.73 Å². The van der Waals surface area contributed by atoms with E-state index in [0.29, 0.717) is 0 Å². The molecule has 0 saturated heterocycles. The first-order chi connectivity index (χ1) is 4.41. The highest BCUT2D eigenvalue weighted by Gasteiger charge is 2.40. The summed E-state index contributed by atoms with van der Waals surface area (Å²) in [5.74, 6) is -2.59. The Kier molecular flexibility index (Phi) is 1.71. The maximum absolute atomic E-state index is 12.4. The second kappa shape index (κ2) is 2.16. The van der Waals surface area contributed by atoms with Gasteiger partial charge in [0.15, 0.2) is 0 Å². The molecule has 1 fully saturated rings. The lowest BCUT2D eigenvalue weighted by atomic mass is 9.74. The number of hydrogen-bond acceptors (Lipinski definition) is 1. The Labute approximate surface area is 59.6 Å². The van der Waals surface area contributed by atoms with Crippen molar-refractivity contribution in [1.82, 2.24) is 0 Å². The molecular formula is C7H13F2N. The van der Waals surface area contributed by atoms with E-state index in [1.807, 2.05) is 0 Å². The van der Waals surface area contributed by atoms with Crippen LogP contribution in [0.3, 0.4) is 0 Å². The van der Waals surface area contributed by atoms with Crippen LogP contribution < -0.4 is 5.73 Å². The van der Waals surface area contributed by atoms with Gasteiger partial charge in [0.05, 0.1) is 0 Å². The van der Waals surface area contributed by atoms with Crippen molar-refractivity contribution >= 4 is 0 Å². The summed E-state index contributed by atoms with van der Waals surface area (Å²) in [6.45, 7) is 0.930. The van der Waals surface area contributed by atoms with Crippen LogP contribution in [0.25, 0.3) is 0 Å². The maximum atomic E-state index is 12.4. The zero-order valence-corrected chi connectivity index (χ0v) is 6.16. The van der Waals surface area contributed by atoms with E-state index in [2.05, 4.69) is 0 Å². The van der Waals surface area contributed by atoms with Gasteiger partial charge in [-0.05, 0) is 26.2 Å². The van der Waals surface area contributed by atoms with Crippen molar-refractivity contribution in [3.63, 3.8) is 0 Å². The van der Waals surface area contributed by atoms with Crippen LogP contribution >= 0.6 is 0 Å². The van der Waals surface area contributed by atoms with E-state index >= 15 is 0 Å². The summed E-state index contributed by atoms with van der Waals surface area (Å²) in [7, 11) is 0. The van der Waals surface area contributed by atoms with Gasteiger partial charge < -0.3 is 5.73 Å². The third-order valence-electron chi connectivity index (χ3n) is 2.01. The highest BCUT2D eigenvalue weighted by molar-refractivity contribution is 4.95. The predicted octanol–water partition coefficient (Wildman–Crippen LogP) is 1.91. The van der Waals surface area contributed by atoms with Crippen molar-refractivity contribution < 1.29 is 8.78 Å². The van der Waals surface area contributed by atoms with E-state index in [1.165, 1.54) is 0 Å². The molecule has 0 aromatic heterocycles. The molecule has 2 N–H and O–H groups in total. The van der Waals surface area contributed by atoms with Gasteiger partial charge in [-0.25, -0.2) is 8.78 Å². The van der Waals surface area contributed by atoms with E-state index in [1.54, 1.807) is 0 Å². The summed E-state index contributed by atoms with van der Waals surface area (Å²) >= 11 is 0. The van der Waals surface area contributed by atoms with Crippen LogP contribution in [0.15, 0.2) is 0 Å². The normalized spacial score (nSPS) is 24.0. The molecule has 0 aromatic rings. The van der Waals surface area contributed by atoms with Gasteiger partial charge in [-0.2, -0.15) is 0 Å². The Morgan fingerprint density at radius 1 is 1.50 bits per heavy atom. The largest absolute Gasteiger partial charge is 0.325 e. The standard InChI is InChI=1S/C7H13F2N/c1-6(8,9)5-7(10)3-2-4-7/h2-5,10H2,1H3. The first kappa shape index (κ1) is 7.92. The van der Waals surface area contributed by atoms with Crippen molar-refractivity contribution in [2.75, 3.05) is 0 Å². The van der Waals surface area contributed by atoms with E-state index in [0.717, 1.165) is 26.2 Å². The molecule has 0 atom stereocenters. The molecule has 0 aliphatic heterocycles. The van der Waals surface area contributed by atoms with Crippen LogP contribution in [0.4, 0.5) is 8.78 Å². The highest BCUT2D eigenvalue weighted by Crippen LogP contribution is 2.37. The van der Waals surface area contributed by atoms with Crippen molar-refractivity contribution in [1.29, 1.82) is 0 Å². The number of alkyl halides is 2. The van der Waals surface area contributed by atoms with Crippen LogP contribution in [0, 0.1) is 0 Å². The van der Waals surface area contributed by atoms with Gasteiger partial charge in [0.2, 0.25) is 5.92 Å². The van der Waals surface area contributed by atoms with Crippen LogP contribution in [0.5, 0.6) is 0 Å². The molecule has 0 heterocycles. The molecule has 3 heteroatoms. The van der Waals surface area contributed by atoms with E-state index < -0.39 is 11.5 Å². The van der Waals surface area contributed by atoms with Gasteiger partial charge in [0.1, 0.15) is 0 Å². The van der Waals surface area contributed by atoms with Crippen LogP contribution in [0.1, 0.15) is 32.6 Å². The fraction of sp³-hybridized carbons (Fsp3) is 1.00. The zero-order valence-electron chi connectivity index (χ0n) is 6.16. The molecule has 10 heavy (non-hydrogen) atoms. The molecule has 1 saturated carbocycles. The lowest BCUT2D eigenvalue weighted by Crippen LogP contribution is -2.49. The minimum atomic E-state index is -2.59. The Balaban J connectivity index is 2.37. The van der Waals surface area contributed by atoms with Crippen LogP contribution in [0.2, 0.25) is 0 Å². The quantitative estimate of drug-likeness (QED) is 0.637. The number of halogens is 2. The second-order valence-electron chi connectivity index (χ2n) is 3.46. The maximum Gasteiger partial charge on any atom is 0.247 e. The summed E-state index contributed by atoms with van der Waals surface area (Å²) in [4.78, 5) is 0. The monoisotopic (exact) mass is 149 g/mol. The Hall–Kier alpha value is -0.180. The molecule has 0 spiro atoms. The summed E-state index contributed by atoms with van der Waals surface area (Å²) in [6.07, 6.45) is 2.37. The summed E-state index contributed by atoms with van der Waals surface area (Å²) < 4.78 is 24.7. The van der Waals surface area contributed by atoms with Gasteiger partial charge in [-0.3, -0.25) is 0 Å². The van der Waals surface area contributed by atoms with Crippen molar-refractivity contribution in [3.05, 3.63) is 0 Å². The summed E-state index contributed by atoms with van der Waals surface area (Å²) in [5.41, 5.74) is 5.07. The summed E-state index contributed by atoms with van der Waals surface area (Å²) in [5, 5.41) is 0. The average molecular weight is 149 g/mol. The lowest BCUT2D eigenvalue weighted by molar-refractivity contribution is -0.0239. The predicted molar refractivity (Wildman–Crippen MR) is 36.0 cm³/mol. The van der Waals surface area contributed by atoms with Gasteiger partial charge in [-0.1, -0.05) is 0 Å². The molecular weight excluding hydrogens is 136 g/mol. The van der Waals surface area contributed by atoms with Gasteiger partial charge in [0.25, 0.3) is 0 Å². The number of nitrogens with two attached hydrogens (primary N) is 1. The first-order valence-electron chi connectivity index (χ1n) is 3.58. The topological polar surface area (TPSA) is 26.0 Å². The smallest absolute Gasteiger partial charge is 0.247 e. The molecule has 0 aromatic carbocycles. The van der Waals surface area contributed by atoms with Crippen LogP contribution in [-0.2, 0) is 0 Å². The lowest BCUT2D eigenvalue weighted by Gasteiger charge is -2.39. The van der Waals surface area contributed by atoms with E-state index in [9.17, 15) is 8.78 Å². The number of hydrogen-bond donors (Lipinski definition) is 1. The molecule has 0 radical (unpaired) electrons. The Morgan fingerprint density at radius 3 is 2.10 bits per heavy atom. The Bertz CT molecular complexity index is 124. The molecule has 0 bridgehead atoms. The van der Waals surface area contributed by atoms with Crippen molar-refractivity contribution in [2.45, 2.75) is 44.1 Å². The summed E-state index contributed by atoms with van der Waals surface area (Å²) in [6, 6.07) is 0. The molecule has 1 aliphatic rings. The molecule has 60 valence electrons. The Morgan fingerprint density at radius 2 is 2.00 bits per heavy atom. The highest BCUT2D eigenvalue weighted by atomic mass is 19.3. The van der Waals surface area contributed by atoms with Crippen LogP contribution in [-0.4, -0.2) is 11.5 Å². The minimum Gasteiger partial charge on any atom is -0.325 e. The van der Waals surface area contributed by atoms with Crippen molar-refractivity contribution in [3.8, 4) is 0 Å². The SMILES string of the molecule is CC(F)(F)CC1(N)CCC1. The molecule has 0 unspecified atom stereocenters. The third-order valence-corrected chi connectivity index (χ3v) is 2.01. The van der Waals surface area contributed by atoms with Crippen molar-refractivity contribution in [2.24, 2.45) is 5.73 Å². The minimum absolute atomic E-state index is 0.153. The molecule has 1 rings (SSSR count). The fourth-order valence-corrected chi connectivity index (χ4v) is 1.43.